The van der Waals surface area contributed by atoms with Gasteiger partial charge in [-0.25, -0.2) is 0 Å². The molecular weight excluding hydrogens is 216 g/mol. The molecule has 2 heterocycles. The zero-order chi connectivity index (χ0) is 11.6. The van der Waals surface area contributed by atoms with Crippen LogP contribution in [-0.2, 0) is 10.7 Å². The minimum Gasteiger partial charge on any atom is -0.360 e. The van der Waals surface area contributed by atoms with Gasteiger partial charge >= 0.3 is 5.92 Å². The van der Waals surface area contributed by atoms with E-state index >= 15 is 0 Å². The van der Waals surface area contributed by atoms with Crippen LogP contribution in [-0.4, -0.2) is 42.0 Å². The minimum atomic E-state index is -3.46. The number of hydrogen-bond acceptors (Lipinski definition) is 2. The number of carbonyl (C=O) groups excluding carboxylic acids is 1. The van der Waals surface area contributed by atoms with Crippen molar-refractivity contribution in [3.8, 4) is 0 Å². The lowest BCUT2D eigenvalue weighted by molar-refractivity contribution is -0.160. The Morgan fingerprint density at radius 1 is 1.38 bits per heavy atom. The second kappa shape index (κ2) is 4.21. The zero-order valence-electron chi connectivity index (χ0n) is 8.67. The van der Waals surface area contributed by atoms with Crippen LogP contribution < -0.4 is 5.32 Å². The summed E-state index contributed by atoms with van der Waals surface area (Å²) in [6.45, 7) is 1.78. The lowest BCUT2D eigenvalue weighted by Crippen LogP contribution is -2.51. The molecule has 1 aromatic heterocycles. The van der Waals surface area contributed by atoms with Crippen LogP contribution in [0.15, 0.2) is 18.3 Å². The Morgan fingerprint density at radius 3 is 2.62 bits per heavy atom. The number of carbonyl (C=O) groups is 1. The highest BCUT2D eigenvalue weighted by molar-refractivity contribution is 5.84. The molecule has 1 aliphatic rings. The Balaban J connectivity index is 2.13. The van der Waals surface area contributed by atoms with E-state index < -0.39 is 11.8 Å². The summed E-state index contributed by atoms with van der Waals surface area (Å²) in [5, 5.41) is 3.01. The van der Waals surface area contributed by atoms with Crippen molar-refractivity contribution >= 4 is 5.91 Å². The van der Waals surface area contributed by atoms with E-state index in [9.17, 15) is 13.6 Å². The van der Waals surface area contributed by atoms with Crippen molar-refractivity contribution in [3.05, 3.63) is 24.0 Å². The van der Waals surface area contributed by atoms with E-state index in [-0.39, 0.29) is 5.69 Å². The Hall–Kier alpha value is -1.43. The average Bonchev–Trinajstić information content (AvgIpc) is 2.83. The van der Waals surface area contributed by atoms with Gasteiger partial charge in [-0.3, -0.25) is 4.79 Å². The van der Waals surface area contributed by atoms with Crippen molar-refractivity contribution < 1.29 is 13.6 Å². The molecule has 0 aliphatic carbocycles. The fourth-order valence-corrected chi connectivity index (χ4v) is 1.71. The second-order valence-electron chi connectivity index (χ2n) is 3.70. The molecule has 0 spiro atoms. The molecule has 88 valence electrons. The van der Waals surface area contributed by atoms with Crippen molar-refractivity contribution in [1.29, 1.82) is 0 Å². The molecule has 1 fully saturated rings. The Bertz CT molecular complexity index is 358. The summed E-state index contributed by atoms with van der Waals surface area (Å²) in [5.41, 5.74) is -0.351. The summed E-state index contributed by atoms with van der Waals surface area (Å²) in [6.07, 6.45) is 1.38. The van der Waals surface area contributed by atoms with Crippen molar-refractivity contribution in [2.75, 3.05) is 26.2 Å². The molecular formula is C10H13F2N3O. The number of aromatic nitrogens is 1. The maximum absolute atomic E-state index is 13.7. The van der Waals surface area contributed by atoms with Crippen molar-refractivity contribution in [2.45, 2.75) is 5.92 Å². The zero-order valence-corrected chi connectivity index (χ0v) is 8.67. The van der Waals surface area contributed by atoms with Crippen LogP contribution >= 0.6 is 0 Å². The fraction of sp³-hybridized carbons (Fsp3) is 0.500. The number of alkyl halides is 2. The number of rotatable bonds is 2. The molecule has 1 aromatic rings. The number of nitrogens with one attached hydrogen (secondary N) is 2. The molecule has 0 aromatic carbocycles. The predicted molar refractivity (Wildman–Crippen MR) is 54.1 cm³/mol. The number of hydrogen-bond donors (Lipinski definition) is 2. The predicted octanol–water partition coefficient (Wildman–Crippen LogP) is 0.538. The summed E-state index contributed by atoms with van der Waals surface area (Å²) in [5.74, 6) is -4.59. The normalized spacial score (nSPS) is 17.5. The van der Waals surface area contributed by atoms with Gasteiger partial charge in [0.25, 0.3) is 5.91 Å². The van der Waals surface area contributed by atoms with Crippen LogP contribution in [0.25, 0.3) is 0 Å². The monoisotopic (exact) mass is 229 g/mol. The van der Waals surface area contributed by atoms with Crippen molar-refractivity contribution in [2.24, 2.45) is 0 Å². The first-order valence-electron chi connectivity index (χ1n) is 5.14. The van der Waals surface area contributed by atoms with E-state index in [1.807, 2.05) is 0 Å². The van der Waals surface area contributed by atoms with Crippen LogP contribution in [0, 0.1) is 0 Å². The van der Waals surface area contributed by atoms with E-state index in [2.05, 4.69) is 10.3 Å². The molecule has 0 atom stereocenters. The number of aromatic amines is 1. The van der Waals surface area contributed by atoms with Gasteiger partial charge in [0.2, 0.25) is 0 Å². The summed E-state index contributed by atoms with van der Waals surface area (Å²) in [6, 6.07) is 2.67. The largest absolute Gasteiger partial charge is 0.364 e. The average molecular weight is 229 g/mol. The molecule has 1 amide bonds. The SMILES string of the molecule is O=C(N1CCNCC1)C(F)(F)c1ccc[nH]1. The summed E-state index contributed by atoms with van der Waals surface area (Å²) < 4.78 is 27.4. The van der Waals surface area contributed by atoms with Gasteiger partial charge < -0.3 is 15.2 Å². The highest BCUT2D eigenvalue weighted by atomic mass is 19.3. The van der Waals surface area contributed by atoms with Gasteiger partial charge in [-0.2, -0.15) is 8.78 Å². The molecule has 2 N–H and O–H groups in total. The van der Waals surface area contributed by atoms with Crippen LogP contribution in [0.1, 0.15) is 5.69 Å². The lowest BCUT2D eigenvalue weighted by Gasteiger charge is -2.30. The maximum Gasteiger partial charge on any atom is 0.364 e. The first-order valence-corrected chi connectivity index (χ1v) is 5.14. The molecule has 0 unspecified atom stereocenters. The van der Waals surface area contributed by atoms with Crippen LogP contribution in [0.3, 0.4) is 0 Å². The third-order valence-electron chi connectivity index (χ3n) is 2.61. The number of nitrogens with zero attached hydrogens (tertiary/aromatic N) is 1. The molecule has 6 heteroatoms. The Labute approximate surface area is 91.6 Å². The van der Waals surface area contributed by atoms with E-state index in [1.165, 1.54) is 23.2 Å². The highest BCUT2D eigenvalue weighted by Gasteiger charge is 2.44. The first kappa shape index (κ1) is 11.1. The van der Waals surface area contributed by atoms with Gasteiger partial charge in [-0.05, 0) is 12.1 Å². The topological polar surface area (TPSA) is 48.1 Å². The number of H-pyrrole nitrogens is 1. The molecule has 0 saturated carbocycles. The third-order valence-corrected chi connectivity index (χ3v) is 2.61. The van der Waals surface area contributed by atoms with Crippen molar-refractivity contribution in [1.82, 2.24) is 15.2 Å². The standard InChI is InChI=1S/C10H13F2N3O/c11-10(12,8-2-1-3-14-8)9(16)15-6-4-13-5-7-15/h1-3,13-14H,4-7H2. The number of halogens is 2. The number of amides is 1. The molecule has 16 heavy (non-hydrogen) atoms. The van der Waals surface area contributed by atoms with Crippen molar-refractivity contribution in [3.63, 3.8) is 0 Å². The second-order valence-corrected chi connectivity index (χ2v) is 3.70. The quantitative estimate of drug-likeness (QED) is 0.777. The van der Waals surface area contributed by atoms with E-state index in [0.717, 1.165) is 0 Å². The number of piperazine rings is 1. The lowest BCUT2D eigenvalue weighted by atomic mass is 10.2. The Kier molecular flexibility index (Phi) is 2.91. The molecule has 1 saturated heterocycles. The van der Waals surface area contributed by atoms with Gasteiger partial charge in [0.1, 0.15) is 0 Å². The van der Waals surface area contributed by atoms with Gasteiger partial charge in [0.15, 0.2) is 0 Å². The van der Waals surface area contributed by atoms with E-state index in [0.29, 0.717) is 26.2 Å². The molecule has 1 aliphatic heterocycles. The highest BCUT2D eigenvalue weighted by Crippen LogP contribution is 2.28. The van der Waals surface area contributed by atoms with Crippen LogP contribution in [0.2, 0.25) is 0 Å². The smallest absolute Gasteiger partial charge is 0.360 e. The van der Waals surface area contributed by atoms with Gasteiger partial charge in [-0.1, -0.05) is 0 Å². The van der Waals surface area contributed by atoms with Gasteiger partial charge in [0, 0.05) is 32.4 Å². The van der Waals surface area contributed by atoms with Gasteiger partial charge in [0.05, 0.1) is 5.69 Å². The van der Waals surface area contributed by atoms with E-state index in [1.54, 1.807) is 0 Å². The minimum absolute atomic E-state index is 0.329. The maximum atomic E-state index is 13.7. The molecule has 2 rings (SSSR count). The third kappa shape index (κ3) is 1.92. The summed E-state index contributed by atoms with van der Waals surface area (Å²) in [4.78, 5) is 15.2. The van der Waals surface area contributed by atoms with Crippen LogP contribution in [0.5, 0.6) is 0 Å². The van der Waals surface area contributed by atoms with Gasteiger partial charge in [-0.15, -0.1) is 0 Å². The Morgan fingerprint density at radius 2 is 2.06 bits per heavy atom. The summed E-state index contributed by atoms with van der Waals surface area (Å²) >= 11 is 0. The fourth-order valence-electron chi connectivity index (χ4n) is 1.71. The molecule has 0 radical (unpaired) electrons. The summed E-state index contributed by atoms with van der Waals surface area (Å²) in [7, 11) is 0. The van der Waals surface area contributed by atoms with Crippen LogP contribution in [0.4, 0.5) is 8.78 Å². The van der Waals surface area contributed by atoms with E-state index in [4.69, 9.17) is 0 Å². The molecule has 4 nitrogen and oxygen atoms in total. The first-order chi connectivity index (χ1) is 7.62. The molecule has 0 bridgehead atoms.